The second kappa shape index (κ2) is 12.6. The van der Waals surface area contributed by atoms with Gasteiger partial charge in [0, 0.05) is 18.6 Å². The Hall–Kier alpha value is -2.17. The lowest BCUT2D eigenvalue weighted by Crippen LogP contribution is -2.60. The van der Waals surface area contributed by atoms with Crippen LogP contribution in [-0.4, -0.2) is 84.9 Å². The number of carbonyl (C=O) groups excluding carboxylic acids is 2. The first-order valence-electron chi connectivity index (χ1n) is 14.3. The Balaban J connectivity index is 1.48. The molecule has 2 aliphatic heterocycles. The van der Waals surface area contributed by atoms with Gasteiger partial charge < -0.3 is 20.5 Å². The third-order valence-corrected chi connectivity index (χ3v) is 9.99. The maximum atomic E-state index is 13.4. The maximum absolute atomic E-state index is 13.4. The first-order valence-corrected chi connectivity index (χ1v) is 16.2. The summed E-state index contributed by atoms with van der Waals surface area (Å²) in [5.41, 5.74) is 0.581. The molecule has 3 fully saturated rings. The van der Waals surface area contributed by atoms with E-state index in [0.29, 0.717) is 18.3 Å². The Morgan fingerprint density at radius 3 is 2.44 bits per heavy atom. The summed E-state index contributed by atoms with van der Waals surface area (Å²) in [6.45, 7) is 6.89. The van der Waals surface area contributed by atoms with Crippen molar-refractivity contribution in [2.45, 2.75) is 95.5 Å². The molecule has 0 spiro atoms. The standard InChI is InChI=1S/C29H45N3O6S/c1-29(2,3)31-27(34)25-16-21-11-7-8-12-22(21)17-32(25)18-26(33)24(15-20-9-5-4-6-10-20)30-28(35)38-23-13-14-39(36,37)19-23/h4-6,9-10,21-26,33H,7-8,11-19H2,1-3H3,(H,30,35)(H,31,34)/t21-,22+,23+,24-,25?,26+/m0/s1. The number of ether oxygens (including phenoxy) is 1. The second-order valence-electron chi connectivity index (χ2n) is 12.7. The highest BCUT2D eigenvalue weighted by atomic mass is 32.2. The summed E-state index contributed by atoms with van der Waals surface area (Å²) >= 11 is 0. The van der Waals surface area contributed by atoms with E-state index in [1.165, 1.54) is 12.8 Å². The zero-order valence-electron chi connectivity index (χ0n) is 23.5. The minimum Gasteiger partial charge on any atom is -0.445 e. The quantitative estimate of drug-likeness (QED) is 0.444. The van der Waals surface area contributed by atoms with Crippen LogP contribution in [0.5, 0.6) is 0 Å². The highest BCUT2D eigenvalue weighted by molar-refractivity contribution is 7.91. The van der Waals surface area contributed by atoms with Gasteiger partial charge in [0.15, 0.2) is 9.84 Å². The molecule has 2 amide bonds. The van der Waals surface area contributed by atoms with Gasteiger partial charge in [-0.05, 0) is 63.9 Å². The van der Waals surface area contributed by atoms with Crippen molar-refractivity contribution >= 4 is 21.8 Å². The van der Waals surface area contributed by atoms with E-state index in [4.69, 9.17) is 4.74 Å². The summed E-state index contributed by atoms with van der Waals surface area (Å²) in [7, 11) is -3.19. The van der Waals surface area contributed by atoms with Crippen LogP contribution in [0.25, 0.3) is 0 Å². The number of carbonyl (C=O) groups is 2. The van der Waals surface area contributed by atoms with Gasteiger partial charge in [0.2, 0.25) is 5.91 Å². The predicted molar refractivity (Wildman–Crippen MR) is 150 cm³/mol. The van der Waals surface area contributed by atoms with Crippen LogP contribution in [-0.2, 0) is 25.8 Å². The number of β-amino-alcohol motifs (C(OH)–C–C–N with tert-alkyl or cyclic N) is 1. The minimum atomic E-state index is -3.19. The molecule has 39 heavy (non-hydrogen) atoms. The van der Waals surface area contributed by atoms with Crippen molar-refractivity contribution in [2.24, 2.45) is 11.8 Å². The second-order valence-corrected chi connectivity index (χ2v) is 14.9. The van der Waals surface area contributed by atoms with Crippen LogP contribution in [0.4, 0.5) is 4.79 Å². The Morgan fingerprint density at radius 1 is 1.10 bits per heavy atom. The van der Waals surface area contributed by atoms with Gasteiger partial charge >= 0.3 is 6.09 Å². The van der Waals surface area contributed by atoms with Crippen molar-refractivity contribution in [2.75, 3.05) is 24.6 Å². The number of alkyl carbamates (subject to hydrolysis) is 1. The first-order chi connectivity index (χ1) is 18.4. The predicted octanol–water partition coefficient (Wildman–Crippen LogP) is 2.67. The van der Waals surface area contributed by atoms with Crippen LogP contribution in [0.15, 0.2) is 30.3 Å². The van der Waals surface area contributed by atoms with Crippen LogP contribution >= 0.6 is 0 Å². The van der Waals surface area contributed by atoms with Crippen LogP contribution in [0.1, 0.15) is 64.9 Å². The molecule has 9 nitrogen and oxygen atoms in total. The van der Waals surface area contributed by atoms with Gasteiger partial charge in [-0.1, -0.05) is 49.6 Å². The van der Waals surface area contributed by atoms with E-state index in [-0.39, 0.29) is 42.0 Å². The third-order valence-electron chi connectivity index (χ3n) is 8.26. The molecule has 1 aromatic rings. The molecule has 10 heteroatoms. The van der Waals surface area contributed by atoms with Gasteiger partial charge in [-0.2, -0.15) is 0 Å². The molecule has 1 aromatic carbocycles. The average molecular weight is 564 g/mol. The van der Waals surface area contributed by atoms with Gasteiger partial charge in [-0.25, -0.2) is 13.2 Å². The Labute approximate surface area is 233 Å². The number of nitrogens with zero attached hydrogens (tertiary/aromatic N) is 1. The number of hydrogen-bond donors (Lipinski definition) is 3. The van der Waals surface area contributed by atoms with Crippen LogP contribution in [0.3, 0.4) is 0 Å². The van der Waals surface area contributed by atoms with E-state index < -0.39 is 34.2 Å². The van der Waals surface area contributed by atoms with Crippen molar-refractivity contribution in [3.63, 3.8) is 0 Å². The molecular formula is C29H45N3O6S. The molecule has 2 heterocycles. The molecule has 0 aromatic heterocycles. The van der Waals surface area contributed by atoms with Crippen molar-refractivity contribution < 1.29 is 27.9 Å². The van der Waals surface area contributed by atoms with Gasteiger partial charge in [-0.15, -0.1) is 0 Å². The number of rotatable bonds is 8. The van der Waals surface area contributed by atoms with E-state index in [0.717, 1.165) is 31.4 Å². The largest absolute Gasteiger partial charge is 0.445 e. The summed E-state index contributed by atoms with van der Waals surface area (Å²) in [5, 5.41) is 17.5. The number of likely N-dealkylation sites (tertiary alicyclic amines) is 1. The van der Waals surface area contributed by atoms with Crippen molar-refractivity contribution in [1.29, 1.82) is 0 Å². The van der Waals surface area contributed by atoms with Crippen molar-refractivity contribution in [3.05, 3.63) is 35.9 Å². The maximum Gasteiger partial charge on any atom is 0.407 e. The molecule has 6 atom stereocenters. The van der Waals surface area contributed by atoms with Crippen LogP contribution in [0.2, 0.25) is 0 Å². The molecule has 1 saturated carbocycles. The molecular weight excluding hydrogens is 518 g/mol. The number of piperidine rings is 1. The van der Waals surface area contributed by atoms with E-state index in [1.54, 1.807) is 0 Å². The summed E-state index contributed by atoms with van der Waals surface area (Å²) in [5.74, 6) is 0.829. The molecule has 218 valence electrons. The minimum absolute atomic E-state index is 0.0101. The number of aliphatic hydroxyl groups excluding tert-OH is 1. The highest BCUT2D eigenvalue weighted by Crippen LogP contribution is 2.39. The molecule has 3 N–H and O–H groups in total. The van der Waals surface area contributed by atoms with E-state index >= 15 is 0 Å². The monoisotopic (exact) mass is 563 g/mol. The fourth-order valence-corrected chi connectivity index (χ4v) is 7.93. The molecule has 2 saturated heterocycles. The molecule has 1 aliphatic carbocycles. The smallest absolute Gasteiger partial charge is 0.407 e. The normalized spacial score (nSPS) is 28.6. The van der Waals surface area contributed by atoms with Gasteiger partial charge in [0.1, 0.15) is 6.10 Å². The van der Waals surface area contributed by atoms with Crippen LogP contribution in [0, 0.1) is 11.8 Å². The number of fused-ring (bicyclic) bond motifs is 1. The van der Waals surface area contributed by atoms with E-state index in [2.05, 4.69) is 15.5 Å². The Morgan fingerprint density at radius 2 is 1.79 bits per heavy atom. The number of nitrogens with one attached hydrogen (secondary N) is 2. The fraction of sp³-hybridized carbons (Fsp3) is 0.724. The van der Waals surface area contributed by atoms with E-state index in [9.17, 15) is 23.1 Å². The lowest BCUT2D eigenvalue weighted by molar-refractivity contribution is -0.132. The number of sulfone groups is 1. The topological polar surface area (TPSA) is 125 Å². The van der Waals surface area contributed by atoms with Gasteiger partial charge in [0.25, 0.3) is 0 Å². The highest BCUT2D eigenvalue weighted by Gasteiger charge is 2.42. The van der Waals surface area contributed by atoms with Crippen molar-refractivity contribution in [3.8, 4) is 0 Å². The lowest BCUT2D eigenvalue weighted by atomic mass is 9.72. The average Bonchev–Trinajstić information content (AvgIpc) is 3.20. The molecule has 3 aliphatic rings. The van der Waals surface area contributed by atoms with Gasteiger partial charge in [-0.3, -0.25) is 9.69 Å². The molecule has 0 bridgehead atoms. The van der Waals surface area contributed by atoms with Crippen molar-refractivity contribution in [1.82, 2.24) is 15.5 Å². The zero-order chi connectivity index (χ0) is 28.2. The molecule has 0 radical (unpaired) electrons. The Bertz CT molecular complexity index is 1090. The SMILES string of the molecule is CC(C)(C)NC(=O)C1C[C@@H]2CCCC[C@@H]2CN1C[C@@H](O)[C@H](Cc1ccccc1)NC(=O)O[C@@H]1CCS(=O)(=O)C1. The molecule has 4 rings (SSSR count). The summed E-state index contributed by atoms with van der Waals surface area (Å²) in [4.78, 5) is 28.3. The summed E-state index contributed by atoms with van der Waals surface area (Å²) in [6.07, 6.45) is 3.72. The summed E-state index contributed by atoms with van der Waals surface area (Å²) < 4.78 is 29.0. The zero-order valence-corrected chi connectivity index (χ0v) is 24.3. The number of benzene rings is 1. The fourth-order valence-electron chi connectivity index (χ4n) is 6.34. The lowest BCUT2D eigenvalue weighted by Gasteiger charge is -2.47. The summed E-state index contributed by atoms with van der Waals surface area (Å²) in [6, 6.07) is 8.57. The third kappa shape index (κ3) is 8.66. The molecule has 1 unspecified atom stereocenters. The number of amides is 2. The number of aliphatic hydroxyl groups is 1. The number of hydrogen-bond acceptors (Lipinski definition) is 7. The van der Waals surface area contributed by atoms with Crippen LogP contribution < -0.4 is 10.6 Å². The van der Waals surface area contributed by atoms with E-state index in [1.807, 2.05) is 51.1 Å². The first kappa shape index (κ1) is 29.8. The Kier molecular flexibility index (Phi) is 9.60. The van der Waals surface area contributed by atoms with Gasteiger partial charge in [0.05, 0.1) is 29.7 Å².